The molecule has 0 aliphatic heterocycles. The highest BCUT2D eigenvalue weighted by Crippen LogP contribution is 2.31. The molecular formula is C16H10ClNO. The molecule has 0 bridgehead atoms. The highest BCUT2D eigenvalue weighted by molar-refractivity contribution is 6.31. The van der Waals surface area contributed by atoms with Crippen molar-refractivity contribution in [2.75, 3.05) is 0 Å². The second-order valence-electron chi connectivity index (χ2n) is 4.23. The molecule has 1 aromatic heterocycles. The van der Waals surface area contributed by atoms with Crippen molar-refractivity contribution in [3.8, 4) is 11.1 Å². The van der Waals surface area contributed by atoms with Crippen LogP contribution in [0.25, 0.3) is 22.0 Å². The van der Waals surface area contributed by atoms with Gasteiger partial charge in [-0.1, -0.05) is 29.8 Å². The van der Waals surface area contributed by atoms with Crippen LogP contribution in [-0.4, -0.2) is 11.3 Å². The summed E-state index contributed by atoms with van der Waals surface area (Å²) >= 11 is 6.04. The van der Waals surface area contributed by atoms with Crippen LogP contribution >= 0.6 is 11.6 Å². The number of fused-ring (bicyclic) bond motifs is 1. The molecule has 3 rings (SSSR count). The van der Waals surface area contributed by atoms with Gasteiger partial charge in [-0.2, -0.15) is 0 Å². The van der Waals surface area contributed by atoms with Crippen LogP contribution in [0.3, 0.4) is 0 Å². The summed E-state index contributed by atoms with van der Waals surface area (Å²) in [5.74, 6) is 0. The molecule has 3 aromatic rings. The minimum atomic E-state index is 0.612. The smallest absolute Gasteiger partial charge is 0.150 e. The average Bonchev–Trinajstić information content (AvgIpc) is 2.46. The van der Waals surface area contributed by atoms with Gasteiger partial charge in [0.2, 0.25) is 0 Å². The van der Waals surface area contributed by atoms with E-state index in [1.807, 2.05) is 36.4 Å². The van der Waals surface area contributed by atoms with Gasteiger partial charge in [-0.05, 0) is 41.5 Å². The molecular weight excluding hydrogens is 258 g/mol. The Morgan fingerprint density at radius 1 is 1.00 bits per heavy atom. The van der Waals surface area contributed by atoms with Gasteiger partial charge in [0.15, 0.2) is 6.29 Å². The first-order valence-electron chi connectivity index (χ1n) is 5.88. The number of pyridine rings is 1. The molecule has 0 saturated carbocycles. The van der Waals surface area contributed by atoms with E-state index in [0.717, 1.165) is 28.3 Å². The van der Waals surface area contributed by atoms with Crippen molar-refractivity contribution in [1.82, 2.24) is 4.98 Å². The third-order valence-electron chi connectivity index (χ3n) is 3.08. The third-order valence-corrected chi connectivity index (χ3v) is 3.31. The summed E-state index contributed by atoms with van der Waals surface area (Å²) in [5.41, 5.74) is 3.33. The zero-order valence-corrected chi connectivity index (χ0v) is 10.8. The van der Waals surface area contributed by atoms with Crippen molar-refractivity contribution in [2.45, 2.75) is 0 Å². The van der Waals surface area contributed by atoms with Gasteiger partial charge < -0.3 is 0 Å². The Balaban J connectivity index is 2.36. The molecule has 0 saturated heterocycles. The summed E-state index contributed by atoms with van der Waals surface area (Å²) in [4.78, 5) is 15.5. The van der Waals surface area contributed by atoms with Gasteiger partial charge >= 0.3 is 0 Å². The summed E-state index contributed by atoms with van der Waals surface area (Å²) in [6.45, 7) is 0. The number of nitrogens with zero attached hydrogens (tertiary/aromatic N) is 1. The Morgan fingerprint density at radius 2 is 1.89 bits per heavy atom. The fourth-order valence-corrected chi connectivity index (χ4v) is 2.37. The SMILES string of the molecule is O=Cc1ccc(Cl)cc1-c1cccc2ncccc12. The zero-order chi connectivity index (χ0) is 13.2. The second-order valence-corrected chi connectivity index (χ2v) is 4.66. The summed E-state index contributed by atoms with van der Waals surface area (Å²) in [7, 11) is 0. The Hall–Kier alpha value is -2.19. The second kappa shape index (κ2) is 4.82. The van der Waals surface area contributed by atoms with E-state index >= 15 is 0 Å². The minimum Gasteiger partial charge on any atom is -0.298 e. The number of carbonyl (C=O) groups is 1. The Kier molecular flexibility index (Phi) is 3.02. The molecule has 0 atom stereocenters. The first-order chi connectivity index (χ1) is 9.29. The van der Waals surface area contributed by atoms with E-state index in [1.54, 1.807) is 18.3 Å². The summed E-state index contributed by atoms with van der Waals surface area (Å²) in [5, 5.41) is 1.62. The van der Waals surface area contributed by atoms with Crippen molar-refractivity contribution in [1.29, 1.82) is 0 Å². The number of hydrogen-bond acceptors (Lipinski definition) is 2. The fourth-order valence-electron chi connectivity index (χ4n) is 2.20. The Labute approximate surface area is 115 Å². The highest BCUT2D eigenvalue weighted by atomic mass is 35.5. The van der Waals surface area contributed by atoms with E-state index in [1.165, 1.54) is 0 Å². The van der Waals surface area contributed by atoms with E-state index in [-0.39, 0.29) is 0 Å². The number of carbonyl (C=O) groups excluding carboxylic acids is 1. The number of hydrogen-bond donors (Lipinski definition) is 0. The van der Waals surface area contributed by atoms with Crippen molar-refractivity contribution in [2.24, 2.45) is 0 Å². The molecule has 0 spiro atoms. The number of benzene rings is 2. The number of halogens is 1. The van der Waals surface area contributed by atoms with Gasteiger partial charge in [-0.3, -0.25) is 9.78 Å². The molecule has 19 heavy (non-hydrogen) atoms. The van der Waals surface area contributed by atoms with Crippen LogP contribution in [0.1, 0.15) is 10.4 Å². The van der Waals surface area contributed by atoms with Gasteiger partial charge in [-0.25, -0.2) is 0 Å². The maximum atomic E-state index is 11.2. The van der Waals surface area contributed by atoms with Crippen LogP contribution in [0.4, 0.5) is 0 Å². The van der Waals surface area contributed by atoms with Gasteiger partial charge in [0.25, 0.3) is 0 Å². The van der Waals surface area contributed by atoms with Crippen LogP contribution in [0.2, 0.25) is 5.02 Å². The van der Waals surface area contributed by atoms with E-state index in [9.17, 15) is 4.79 Å². The van der Waals surface area contributed by atoms with Gasteiger partial charge in [0.1, 0.15) is 0 Å². The Bertz CT molecular complexity index is 762. The number of aldehydes is 1. The lowest BCUT2D eigenvalue weighted by Crippen LogP contribution is -1.89. The maximum Gasteiger partial charge on any atom is 0.150 e. The van der Waals surface area contributed by atoms with E-state index in [4.69, 9.17) is 11.6 Å². The lowest BCUT2D eigenvalue weighted by atomic mass is 9.97. The summed E-state index contributed by atoms with van der Waals surface area (Å²) in [6.07, 6.45) is 2.60. The van der Waals surface area contributed by atoms with Gasteiger partial charge in [-0.15, -0.1) is 0 Å². The van der Waals surface area contributed by atoms with Crippen LogP contribution < -0.4 is 0 Å². The van der Waals surface area contributed by atoms with E-state index in [0.29, 0.717) is 10.6 Å². The quantitative estimate of drug-likeness (QED) is 0.646. The first-order valence-corrected chi connectivity index (χ1v) is 6.26. The van der Waals surface area contributed by atoms with Crippen LogP contribution in [0, 0.1) is 0 Å². The average molecular weight is 268 g/mol. The summed E-state index contributed by atoms with van der Waals surface area (Å²) < 4.78 is 0. The third kappa shape index (κ3) is 2.11. The molecule has 92 valence electrons. The van der Waals surface area contributed by atoms with Gasteiger partial charge in [0.05, 0.1) is 5.52 Å². The van der Waals surface area contributed by atoms with Gasteiger partial charge in [0, 0.05) is 22.2 Å². The summed E-state index contributed by atoms with van der Waals surface area (Å²) in [6, 6.07) is 15.0. The fraction of sp³-hybridized carbons (Fsp3) is 0. The van der Waals surface area contributed by atoms with E-state index in [2.05, 4.69) is 4.98 Å². The van der Waals surface area contributed by atoms with Crippen LogP contribution in [0.5, 0.6) is 0 Å². The largest absolute Gasteiger partial charge is 0.298 e. The minimum absolute atomic E-state index is 0.612. The molecule has 0 fully saturated rings. The number of aromatic nitrogens is 1. The molecule has 0 aliphatic rings. The zero-order valence-electron chi connectivity index (χ0n) is 10.0. The molecule has 0 radical (unpaired) electrons. The van der Waals surface area contributed by atoms with E-state index < -0.39 is 0 Å². The molecule has 3 heteroatoms. The lowest BCUT2D eigenvalue weighted by molar-refractivity contribution is 0.112. The van der Waals surface area contributed by atoms with Crippen molar-refractivity contribution >= 4 is 28.8 Å². The normalized spacial score (nSPS) is 10.6. The maximum absolute atomic E-state index is 11.2. The van der Waals surface area contributed by atoms with Crippen molar-refractivity contribution < 1.29 is 4.79 Å². The molecule has 0 unspecified atom stereocenters. The Morgan fingerprint density at radius 3 is 2.74 bits per heavy atom. The van der Waals surface area contributed by atoms with Crippen LogP contribution in [-0.2, 0) is 0 Å². The first kappa shape index (κ1) is 11.9. The molecule has 1 heterocycles. The molecule has 2 aromatic carbocycles. The topological polar surface area (TPSA) is 30.0 Å². The lowest BCUT2D eigenvalue weighted by Gasteiger charge is -2.09. The van der Waals surface area contributed by atoms with Crippen LogP contribution in [0.15, 0.2) is 54.7 Å². The predicted octanol–water partition coefficient (Wildman–Crippen LogP) is 4.37. The monoisotopic (exact) mass is 267 g/mol. The molecule has 0 aliphatic carbocycles. The molecule has 0 amide bonds. The molecule has 2 nitrogen and oxygen atoms in total. The van der Waals surface area contributed by atoms with Crippen molar-refractivity contribution in [3.05, 3.63) is 65.3 Å². The predicted molar refractivity (Wildman–Crippen MR) is 77.6 cm³/mol. The highest BCUT2D eigenvalue weighted by Gasteiger charge is 2.09. The number of rotatable bonds is 2. The standard InChI is InChI=1S/C16H10ClNO/c17-12-7-6-11(10-19)15(9-12)13-3-1-5-16-14(13)4-2-8-18-16/h1-10H. The molecule has 0 N–H and O–H groups in total. The van der Waals surface area contributed by atoms with Crippen molar-refractivity contribution in [3.63, 3.8) is 0 Å².